The SMILES string of the molecule is Cc1cccc(N(CCCC(=O)N(Cc2ccc(Cl)c(Cl)c2)C(C)C(=O)NC2CCCC2)S(C)(=O)=O)c1C. The highest BCUT2D eigenvalue weighted by atomic mass is 35.5. The van der Waals surface area contributed by atoms with Crippen LogP contribution in [0.25, 0.3) is 0 Å². The van der Waals surface area contributed by atoms with Gasteiger partial charge in [0.1, 0.15) is 6.04 Å². The number of hydrogen-bond acceptors (Lipinski definition) is 4. The molecule has 0 aromatic heterocycles. The Hall–Kier alpha value is -2.29. The number of carbonyl (C=O) groups excluding carboxylic acids is 2. The summed E-state index contributed by atoms with van der Waals surface area (Å²) in [5.41, 5.74) is 3.23. The Kier molecular flexibility index (Phi) is 10.5. The number of halogens is 2. The number of amides is 2. The topological polar surface area (TPSA) is 86.8 Å². The van der Waals surface area contributed by atoms with Crippen molar-refractivity contribution in [2.24, 2.45) is 0 Å². The molecule has 1 N–H and O–H groups in total. The smallest absolute Gasteiger partial charge is 0.242 e. The maximum Gasteiger partial charge on any atom is 0.242 e. The van der Waals surface area contributed by atoms with Gasteiger partial charge in [0.15, 0.2) is 0 Å². The second-order valence-electron chi connectivity index (χ2n) is 10.1. The van der Waals surface area contributed by atoms with Gasteiger partial charge in [-0.2, -0.15) is 0 Å². The van der Waals surface area contributed by atoms with Crippen LogP contribution in [0.2, 0.25) is 10.0 Å². The molecule has 0 bridgehead atoms. The van der Waals surface area contributed by atoms with Crippen molar-refractivity contribution in [1.29, 1.82) is 0 Å². The monoisotopic (exact) mass is 581 g/mol. The van der Waals surface area contributed by atoms with Gasteiger partial charge in [0.05, 0.1) is 22.0 Å². The predicted octanol–water partition coefficient (Wildman–Crippen LogP) is 5.63. The van der Waals surface area contributed by atoms with Gasteiger partial charge in [0, 0.05) is 25.6 Å². The van der Waals surface area contributed by atoms with Crippen molar-refractivity contribution in [2.75, 3.05) is 17.1 Å². The van der Waals surface area contributed by atoms with E-state index in [9.17, 15) is 18.0 Å². The summed E-state index contributed by atoms with van der Waals surface area (Å²) in [4.78, 5) is 28.1. The molecule has 0 radical (unpaired) electrons. The van der Waals surface area contributed by atoms with E-state index >= 15 is 0 Å². The molecule has 1 atom stereocenters. The van der Waals surface area contributed by atoms with Crippen molar-refractivity contribution < 1.29 is 18.0 Å². The molecule has 10 heteroatoms. The molecule has 0 heterocycles. The molecule has 7 nitrogen and oxygen atoms in total. The first-order valence-corrected chi connectivity index (χ1v) is 15.6. The summed E-state index contributed by atoms with van der Waals surface area (Å²) in [6.45, 7) is 5.87. The van der Waals surface area contributed by atoms with Gasteiger partial charge in [-0.3, -0.25) is 13.9 Å². The van der Waals surface area contributed by atoms with Crippen LogP contribution in [-0.2, 0) is 26.2 Å². The molecule has 2 aromatic carbocycles. The highest BCUT2D eigenvalue weighted by Gasteiger charge is 2.29. The Bertz CT molecular complexity index is 1260. The Morgan fingerprint density at radius 2 is 1.76 bits per heavy atom. The number of anilines is 1. The fourth-order valence-electron chi connectivity index (χ4n) is 4.80. The average Bonchev–Trinajstić information content (AvgIpc) is 3.36. The van der Waals surface area contributed by atoms with Crippen LogP contribution in [0.1, 0.15) is 62.1 Å². The Morgan fingerprint density at radius 3 is 2.39 bits per heavy atom. The fraction of sp³-hybridized carbons (Fsp3) is 0.500. The van der Waals surface area contributed by atoms with Gasteiger partial charge >= 0.3 is 0 Å². The van der Waals surface area contributed by atoms with Crippen LogP contribution in [-0.4, -0.2) is 50.0 Å². The molecule has 38 heavy (non-hydrogen) atoms. The molecule has 2 aromatic rings. The minimum atomic E-state index is -3.56. The first-order chi connectivity index (χ1) is 17.9. The number of rotatable bonds is 11. The largest absolute Gasteiger partial charge is 0.352 e. The lowest BCUT2D eigenvalue weighted by molar-refractivity contribution is -0.141. The van der Waals surface area contributed by atoms with Crippen LogP contribution in [0.4, 0.5) is 5.69 Å². The lowest BCUT2D eigenvalue weighted by atomic mass is 10.1. The molecule has 208 valence electrons. The van der Waals surface area contributed by atoms with E-state index in [4.69, 9.17) is 23.2 Å². The number of sulfonamides is 1. The summed E-state index contributed by atoms with van der Waals surface area (Å²) in [5.74, 6) is -0.432. The maximum atomic E-state index is 13.5. The Balaban J connectivity index is 1.76. The van der Waals surface area contributed by atoms with Gasteiger partial charge in [-0.1, -0.05) is 54.2 Å². The summed E-state index contributed by atoms with van der Waals surface area (Å²) in [5, 5.41) is 3.86. The van der Waals surface area contributed by atoms with E-state index in [-0.39, 0.29) is 37.4 Å². The average molecular weight is 583 g/mol. The number of benzene rings is 2. The summed E-state index contributed by atoms with van der Waals surface area (Å²) >= 11 is 12.3. The summed E-state index contributed by atoms with van der Waals surface area (Å²) in [6, 6.07) is 10.1. The molecule has 0 aliphatic heterocycles. The van der Waals surface area contributed by atoms with E-state index in [0.717, 1.165) is 42.4 Å². The van der Waals surface area contributed by atoms with Gasteiger partial charge in [0.25, 0.3) is 0 Å². The van der Waals surface area contributed by atoms with Crippen molar-refractivity contribution in [3.63, 3.8) is 0 Å². The van der Waals surface area contributed by atoms with Crippen LogP contribution in [0, 0.1) is 13.8 Å². The minimum absolute atomic E-state index is 0.0826. The zero-order valence-electron chi connectivity index (χ0n) is 22.5. The third-order valence-electron chi connectivity index (χ3n) is 7.20. The molecule has 1 fully saturated rings. The van der Waals surface area contributed by atoms with Crippen LogP contribution in [0.5, 0.6) is 0 Å². The van der Waals surface area contributed by atoms with Crippen molar-refractivity contribution >= 4 is 50.7 Å². The van der Waals surface area contributed by atoms with E-state index in [1.54, 1.807) is 31.2 Å². The molecule has 0 spiro atoms. The third kappa shape index (κ3) is 7.87. The molecule has 1 aliphatic carbocycles. The van der Waals surface area contributed by atoms with E-state index < -0.39 is 16.1 Å². The number of hydrogen-bond donors (Lipinski definition) is 1. The first kappa shape index (κ1) is 30.3. The lowest BCUT2D eigenvalue weighted by Crippen LogP contribution is -2.49. The summed E-state index contributed by atoms with van der Waals surface area (Å²) in [6.07, 6.45) is 5.61. The quantitative estimate of drug-likeness (QED) is 0.372. The normalized spacial score (nSPS) is 14.8. The number of nitrogens with one attached hydrogen (secondary N) is 1. The van der Waals surface area contributed by atoms with Gasteiger partial charge < -0.3 is 10.2 Å². The van der Waals surface area contributed by atoms with E-state index in [1.807, 2.05) is 26.0 Å². The van der Waals surface area contributed by atoms with Gasteiger partial charge in [-0.05, 0) is 74.9 Å². The van der Waals surface area contributed by atoms with Crippen molar-refractivity contribution in [3.8, 4) is 0 Å². The van der Waals surface area contributed by atoms with Gasteiger partial charge in [0.2, 0.25) is 21.8 Å². The van der Waals surface area contributed by atoms with Crippen LogP contribution in [0.3, 0.4) is 0 Å². The van der Waals surface area contributed by atoms with E-state index in [2.05, 4.69) is 5.32 Å². The third-order valence-corrected chi connectivity index (χ3v) is 9.12. The molecular formula is C28H37Cl2N3O4S. The molecule has 0 saturated heterocycles. The molecule has 2 amide bonds. The minimum Gasteiger partial charge on any atom is -0.352 e. The lowest BCUT2D eigenvalue weighted by Gasteiger charge is -2.30. The number of nitrogens with zero attached hydrogens (tertiary/aromatic N) is 2. The zero-order valence-corrected chi connectivity index (χ0v) is 24.8. The molecular weight excluding hydrogens is 545 g/mol. The molecule has 1 unspecified atom stereocenters. The van der Waals surface area contributed by atoms with Crippen molar-refractivity contribution in [2.45, 2.75) is 77.9 Å². The van der Waals surface area contributed by atoms with Crippen LogP contribution < -0.4 is 9.62 Å². The highest BCUT2D eigenvalue weighted by Crippen LogP contribution is 2.27. The molecule has 1 aliphatic rings. The second kappa shape index (κ2) is 13.2. The second-order valence-corrected chi connectivity index (χ2v) is 12.8. The number of aryl methyl sites for hydroxylation is 1. The Morgan fingerprint density at radius 1 is 1.08 bits per heavy atom. The Labute approximate surface area is 236 Å². The van der Waals surface area contributed by atoms with Crippen LogP contribution in [0.15, 0.2) is 36.4 Å². The predicted molar refractivity (Wildman–Crippen MR) is 154 cm³/mol. The summed E-state index contributed by atoms with van der Waals surface area (Å²) < 4.78 is 26.6. The molecule has 3 rings (SSSR count). The number of carbonyl (C=O) groups is 2. The van der Waals surface area contributed by atoms with Crippen molar-refractivity contribution in [1.82, 2.24) is 10.2 Å². The van der Waals surface area contributed by atoms with Gasteiger partial charge in [-0.25, -0.2) is 8.42 Å². The summed E-state index contributed by atoms with van der Waals surface area (Å²) in [7, 11) is -3.56. The van der Waals surface area contributed by atoms with Crippen LogP contribution >= 0.6 is 23.2 Å². The molecule has 1 saturated carbocycles. The first-order valence-electron chi connectivity index (χ1n) is 13.0. The standard InChI is InChI=1S/C28H37Cl2N3O4S/c1-19-9-7-12-26(20(19)2)33(38(4,36)37)16-8-13-27(34)32(18-22-14-15-24(29)25(30)17-22)21(3)28(35)31-23-10-5-6-11-23/h7,9,12,14-15,17,21,23H,5-6,8,10-11,13,16,18H2,1-4H3,(H,31,35). The maximum absolute atomic E-state index is 13.5. The zero-order chi connectivity index (χ0) is 28.0. The van der Waals surface area contributed by atoms with Crippen molar-refractivity contribution in [3.05, 3.63) is 63.1 Å². The highest BCUT2D eigenvalue weighted by molar-refractivity contribution is 7.92. The van der Waals surface area contributed by atoms with E-state index in [1.165, 1.54) is 15.5 Å². The van der Waals surface area contributed by atoms with Gasteiger partial charge in [-0.15, -0.1) is 0 Å². The fourth-order valence-corrected chi connectivity index (χ4v) is 6.13. The van der Waals surface area contributed by atoms with E-state index in [0.29, 0.717) is 22.2 Å².